The van der Waals surface area contributed by atoms with Gasteiger partial charge in [-0.05, 0) is 37.5 Å². The first-order chi connectivity index (χ1) is 8.97. The topological polar surface area (TPSA) is 20.3 Å². The molecule has 0 heterocycles. The first-order valence-electron chi connectivity index (χ1n) is 6.24. The summed E-state index contributed by atoms with van der Waals surface area (Å²) in [5.41, 5.74) is 0.576. The molecule has 1 aromatic rings. The molecule has 0 fully saturated rings. The van der Waals surface area contributed by atoms with Crippen molar-refractivity contribution in [2.45, 2.75) is 32.2 Å². The van der Waals surface area contributed by atoms with Crippen molar-refractivity contribution in [1.82, 2.24) is 4.90 Å². The third-order valence-electron chi connectivity index (χ3n) is 3.17. The van der Waals surface area contributed by atoms with Gasteiger partial charge in [-0.2, -0.15) is 0 Å². The standard InChI is InChI=1S/C14H18ClF2NO/c1-10(11-6-7-12(16)13(17)9-11)18(2)14(19)5-3-4-8-15/h6-7,9-10H,3-5,8H2,1-2H3. The summed E-state index contributed by atoms with van der Waals surface area (Å²) in [6.45, 7) is 1.78. The number of halogens is 3. The average Bonchev–Trinajstić information content (AvgIpc) is 2.40. The summed E-state index contributed by atoms with van der Waals surface area (Å²) in [7, 11) is 1.66. The number of hydrogen-bond acceptors (Lipinski definition) is 1. The monoisotopic (exact) mass is 289 g/mol. The molecule has 1 rings (SSSR count). The third-order valence-corrected chi connectivity index (χ3v) is 3.44. The Morgan fingerprint density at radius 1 is 1.32 bits per heavy atom. The van der Waals surface area contributed by atoms with Crippen LogP contribution in [0.15, 0.2) is 18.2 Å². The van der Waals surface area contributed by atoms with Crippen molar-refractivity contribution in [2.24, 2.45) is 0 Å². The lowest BCUT2D eigenvalue weighted by Crippen LogP contribution is -2.29. The van der Waals surface area contributed by atoms with Crippen LogP contribution in [0.1, 0.15) is 37.8 Å². The Labute approximate surface area is 117 Å². The fraction of sp³-hybridized carbons (Fsp3) is 0.500. The van der Waals surface area contributed by atoms with Crippen molar-refractivity contribution in [2.75, 3.05) is 12.9 Å². The van der Waals surface area contributed by atoms with Gasteiger partial charge < -0.3 is 4.90 Å². The maximum absolute atomic E-state index is 13.2. The van der Waals surface area contributed by atoms with E-state index in [0.29, 0.717) is 17.9 Å². The smallest absolute Gasteiger partial charge is 0.222 e. The highest BCUT2D eigenvalue weighted by molar-refractivity contribution is 6.17. The third kappa shape index (κ3) is 4.46. The Morgan fingerprint density at radius 3 is 2.58 bits per heavy atom. The van der Waals surface area contributed by atoms with Gasteiger partial charge in [0.15, 0.2) is 11.6 Å². The molecule has 2 nitrogen and oxygen atoms in total. The molecule has 0 radical (unpaired) electrons. The fourth-order valence-corrected chi connectivity index (χ4v) is 1.95. The molecule has 0 N–H and O–H groups in total. The van der Waals surface area contributed by atoms with Gasteiger partial charge in [0.2, 0.25) is 5.91 Å². The maximum Gasteiger partial charge on any atom is 0.222 e. The largest absolute Gasteiger partial charge is 0.339 e. The molecule has 0 aliphatic carbocycles. The summed E-state index contributed by atoms with van der Waals surface area (Å²) in [4.78, 5) is 13.4. The number of benzene rings is 1. The van der Waals surface area contributed by atoms with Gasteiger partial charge in [-0.1, -0.05) is 6.07 Å². The van der Waals surface area contributed by atoms with Crippen molar-refractivity contribution >= 4 is 17.5 Å². The van der Waals surface area contributed by atoms with Crippen LogP contribution in [0.2, 0.25) is 0 Å². The van der Waals surface area contributed by atoms with Crippen molar-refractivity contribution < 1.29 is 13.6 Å². The molecule has 1 unspecified atom stereocenters. The van der Waals surface area contributed by atoms with Crippen LogP contribution < -0.4 is 0 Å². The van der Waals surface area contributed by atoms with Crippen LogP contribution in [0.4, 0.5) is 8.78 Å². The number of carbonyl (C=O) groups excluding carboxylic acids is 1. The van der Waals surface area contributed by atoms with E-state index in [4.69, 9.17) is 11.6 Å². The second-order valence-electron chi connectivity index (χ2n) is 4.50. The molecule has 1 aromatic carbocycles. The lowest BCUT2D eigenvalue weighted by Gasteiger charge is -2.25. The quantitative estimate of drug-likeness (QED) is 0.575. The number of alkyl halides is 1. The van der Waals surface area contributed by atoms with E-state index < -0.39 is 11.6 Å². The SMILES string of the molecule is CC(c1ccc(F)c(F)c1)N(C)C(=O)CCCCCl. The Hall–Kier alpha value is -1.16. The van der Waals surface area contributed by atoms with Gasteiger partial charge in [0, 0.05) is 19.3 Å². The minimum Gasteiger partial charge on any atom is -0.339 e. The number of carbonyl (C=O) groups is 1. The number of nitrogens with zero attached hydrogens (tertiary/aromatic N) is 1. The van der Waals surface area contributed by atoms with Crippen molar-refractivity contribution in [3.05, 3.63) is 35.4 Å². The Morgan fingerprint density at radius 2 is 2.00 bits per heavy atom. The molecule has 0 saturated heterocycles. The predicted octanol–water partition coefficient (Wildman–Crippen LogP) is 3.89. The number of hydrogen-bond donors (Lipinski definition) is 0. The van der Waals surface area contributed by atoms with Crippen LogP contribution in [-0.2, 0) is 4.79 Å². The van der Waals surface area contributed by atoms with E-state index in [0.717, 1.165) is 25.0 Å². The minimum absolute atomic E-state index is 0.0256. The van der Waals surface area contributed by atoms with E-state index in [9.17, 15) is 13.6 Å². The van der Waals surface area contributed by atoms with E-state index >= 15 is 0 Å². The zero-order valence-electron chi connectivity index (χ0n) is 11.1. The van der Waals surface area contributed by atoms with Crippen LogP contribution in [0, 0.1) is 11.6 Å². The van der Waals surface area contributed by atoms with E-state index in [1.807, 2.05) is 0 Å². The highest BCUT2D eigenvalue weighted by Gasteiger charge is 2.18. The van der Waals surface area contributed by atoms with Gasteiger partial charge in [0.1, 0.15) is 0 Å². The van der Waals surface area contributed by atoms with E-state index in [1.54, 1.807) is 18.9 Å². The number of rotatable bonds is 6. The van der Waals surface area contributed by atoms with Crippen LogP contribution >= 0.6 is 11.6 Å². The summed E-state index contributed by atoms with van der Waals surface area (Å²) in [6.07, 6.45) is 1.94. The summed E-state index contributed by atoms with van der Waals surface area (Å²) in [5.74, 6) is -1.27. The van der Waals surface area contributed by atoms with E-state index in [1.165, 1.54) is 6.07 Å². The lowest BCUT2D eigenvalue weighted by atomic mass is 10.1. The Balaban J connectivity index is 2.67. The Kier molecular flexibility index (Phi) is 6.22. The zero-order chi connectivity index (χ0) is 14.4. The average molecular weight is 290 g/mol. The number of amides is 1. The van der Waals surface area contributed by atoms with Crippen LogP contribution in [0.3, 0.4) is 0 Å². The van der Waals surface area contributed by atoms with Gasteiger partial charge in [0.05, 0.1) is 6.04 Å². The molecule has 5 heteroatoms. The molecular formula is C14H18ClF2NO. The highest BCUT2D eigenvalue weighted by atomic mass is 35.5. The molecular weight excluding hydrogens is 272 g/mol. The molecule has 0 aliphatic rings. The molecule has 19 heavy (non-hydrogen) atoms. The first-order valence-corrected chi connectivity index (χ1v) is 6.77. The van der Waals surface area contributed by atoms with Gasteiger partial charge in [0.25, 0.3) is 0 Å². The molecule has 0 saturated carbocycles. The summed E-state index contributed by atoms with van der Waals surface area (Å²) < 4.78 is 26.0. The summed E-state index contributed by atoms with van der Waals surface area (Å²) >= 11 is 5.55. The zero-order valence-corrected chi connectivity index (χ0v) is 11.9. The first kappa shape index (κ1) is 15.9. The summed E-state index contributed by atoms with van der Waals surface area (Å²) in [5, 5.41) is 0. The van der Waals surface area contributed by atoms with Crippen molar-refractivity contribution in [1.29, 1.82) is 0 Å². The molecule has 0 spiro atoms. The second kappa shape index (κ2) is 7.43. The number of unbranched alkanes of at least 4 members (excludes halogenated alkanes) is 1. The van der Waals surface area contributed by atoms with Crippen molar-refractivity contribution in [3.63, 3.8) is 0 Å². The minimum atomic E-state index is -0.896. The molecule has 1 atom stereocenters. The second-order valence-corrected chi connectivity index (χ2v) is 4.88. The van der Waals surface area contributed by atoms with E-state index in [-0.39, 0.29) is 11.9 Å². The maximum atomic E-state index is 13.2. The van der Waals surface area contributed by atoms with Gasteiger partial charge in [-0.15, -0.1) is 11.6 Å². The lowest BCUT2D eigenvalue weighted by molar-refractivity contribution is -0.131. The normalized spacial score (nSPS) is 12.3. The molecule has 1 amide bonds. The fourth-order valence-electron chi connectivity index (χ4n) is 1.76. The predicted molar refractivity (Wildman–Crippen MR) is 72.1 cm³/mol. The molecule has 0 aromatic heterocycles. The summed E-state index contributed by atoms with van der Waals surface area (Å²) in [6, 6.07) is 3.40. The molecule has 0 bridgehead atoms. The van der Waals surface area contributed by atoms with Crippen LogP contribution in [0.5, 0.6) is 0 Å². The van der Waals surface area contributed by atoms with Crippen LogP contribution in [-0.4, -0.2) is 23.7 Å². The van der Waals surface area contributed by atoms with Gasteiger partial charge in [-0.25, -0.2) is 8.78 Å². The highest BCUT2D eigenvalue weighted by Crippen LogP contribution is 2.21. The molecule has 106 valence electrons. The van der Waals surface area contributed by atoms with Crippen molar-refractivity contribution in [3.8, 4) is 0 Å². The van der Waals surface area contributed by atoms with E-state index in [2.05, 4.69) is 0 Å². The van der Waals surface area contributed by atoms with Gasteiger partial charge in [-0.3, -0.25) is 4.79 Å². The molecule has 0 aliphatic heterocycles. The van der Waals surface area contributed by atoms with Crippen LogP contribution in [0.25, 0.3) is 0 Å². The van der Waals surface area contributed by atoms with Gasteiger partial charge >= 0.3 is 0 Å². The Bertz CT molecular complexity index is 439.